The van der Waals surface area contributed by atoms with E-state index in [9.17, 15) is 15.3 Å². The van der Waals surface area contributed by atoms with Crippen LogP contribution in [0, 0.1) is 0 Å². The standard InChI is InChI=1S/C14H21NO7.3C2H6/c1-15-8-4-7(5-16)2-3-9(8)21-14-13(20)12(19)11(18)10(6-17)22-14;3*1-2/h2-4,10-20H,5-6H2,1H3;3*1-2H3. The molecule has 6 N–H and O–H groups in total. The van der Waals surface area contributed by atoms with E-state index in [0.717, 1.165) is 0 Å². The van der Waals surface area contributed by atoms with E-state index >= 15 is 0 Å². The highest BCUT2D eigenvalue weighted by Crippen LogP contribution is 2.30. The highest BCUT2D eigenvalue weighted by atomic mass is 16.7. The number of rotatable bonds is 5. The number of hydrogen-bond donors (Lipinski definition) is 6. The van der Waals surface area contributed by atoms with Crippen LogP contribution in [0.15, 0.2) is 18.2 Å². The van der Waals surface area contributed by atoms with Gasteiger partial charge < -0.3 is 40.3 Å². The first kappa shape index (κ1) is 28.8. The van der Waals surface area contributed by atoms with E-state index in [0.29, 0.717) is 17.0 Å². The van der Waals surface area contributed by atoms with Crippen LogP contribution in [-0.2, 0) is 11.3 Å². The molecule has 1 fully saturated rings. The number of aliphatic hydroxyl groups is 5. The van der Waals surface area contributed by atoms with Crippen LogP contribution >= 0.6 is 0 Å². The summed E-state index contributed by atoms with van der Waals surface area (Å²) >= 11 is 0. The maximum atomic E-state index is 9.94. The molecule has 0 aliphatic carbocycles. The minimum atomic E-state index is -1.49. The lowest BCUT2D eigenvalue weighted by molar-refractivity contribution is -0.277. The topological polar surface area (TPSA) is 132 Å². The van der Waals surface area contributed by atoms with Gasteiger partial charge in [0, 0.05) is 7.05 Å². The third-order valence-electron chi connectivity index (χ3n) is 3.59. The average molecular weight is 406 g/mol. The van der Waals surface area contributed by atoms with Gasteiger partial charge in [-0.25, -0.2) is 0 Å². The summed E-state index contributed by atoms with van der Waals surface area (Å²) in [6.45, 7) is 11.3. The summed E-state index contributed by atoms with van der Waals surface area (Å²) in [5.74, 6) is 0.337. The fourth-order valence-corrected chi connectivity index (χ4v) is 2.26. The molecule has 0 amide bonds. The zero-order chi connectivity index (χ0) is 22.3. The molecule has 1 aliphatic rings. The quantitative estimate of drug-likeness (QED) is 0.434. The number of ether oxygens (including phenoxy) is 2. The SMILES string of the molecule is CC.CC.CC.CNc1cc(CO)ccc1OC1OC(CO)C(O)C(O)C1O. The van der Waals surface area contributed by atoms with E-state index in [2.05, 4.69) is 5.32 Å². The normalized spacial score (nSPS) is 25.6. The molecule has 166 valence electrons. The van der Waals surface area contributed by atoms with Crippen LogP contribution in [0.4, 0.5) is 5.69 Å². The largest absolute Gasteiger partial charge is 0.460 e. The second-order valence-corrected chi connectivity index (χ2v) is 5.05. The molecule has 1 heterocycles. The first-order valence-corrected chi connectivity index (χ1v) is 9.90. The van der Waals surface area contributed by atoms with Gasteiger partial charge in [0.25, 0.3) is 0 Å². The van der Waals surface area contributed by atoms with Gasteiger partial charge in [0.2, 0.25) is 6.29 Å². The molecule has 8 heteroatoms. The molecule has 0 spiro atoms. The van der Waals surface area contributed by atoms with Crippen molar-refractivity contribution in [3.8, 4) is 5.75 Å². The number of benzene rings is 1. The fraction of sp³-hybridized carbons (Fsp3) is 0.700. The van der Waals surface area contributed by atoms with Crippen molar-refractivity contribution in [1.29, 1.82) is 0 Å². The summed E-state index contributed by atoms with van der Waals surface area (Å²) in [6.07, 6.45) is -6.67. The predicted molar refractivity (Wildman–Crippen MR) is 110 cm³/mol. The Kier molecular flexibility index (Phi) is 17.0. The maximum Gasteiger partial charge on any atom is 0.229 e. The van der Waals surface area contributed by atoms with Crippen LogP contribution in [0.5, 0.6) is 5.75 Å². The van der Waals surface area contributed by atoms with E-state index in [1.807, 2.05) is 41.5 Å². The van der Waals surface area contributed by atoms with Crippen LogP contribution in [-0.4, -0.2) is 69.9 Å². The Bertz CT molecular complexity index is 499. The van der Waals surface area contributed by atoms with Crippen molar-refractivity contribution < 1.29 is 35.0 Å². The summed E-state index contributed by atoms with van der Waals surface area (Å²) in [5.41, 5.74) is 1.23. The number of anilines is 1. The maximum absolute atomic E-state index is 9.94. The van der Waals surface area contributed by atoms with Crippen LogP contribution in [0.1, 0.15) is 47.1 Å². The Hall–Kier alpha value is -1.42. The molecule has 8 nitrogen and oxygen atoms in total. The lowest BCUT2D eigenvalue weighted by Gasteiger charge is -2.39. The molecule has 0 bridgehead atoms. The Labute approximate surface area is 168 Å². The van der Waals surface area contributed by atoms with Gasteiger partial charge in [0.15, 0.2) is 0 Å². The van der Waals surface area contributed by atoms with Crippen molar-refractivity contribution in [1.82, 2.24) is 0 Å². The van der Waals surface area contributed by atoms with Crippen molar-refractivity contribution in [2.24, 2.45) is 0 Å². The molecule has 1 aromatic carbocycles. The summed E-state index contributed by atoms with van der Waals surface area (Å²) in [6, 6.07) is 4.89. The minimum absolute atomic E-state index is 0.130. The second-order valence-electron chi connectivity index (χ2n) is 5.05. The Morgan fingerprint density at radius 2 is 1.50 bits per heavy atom. The molecule has 5 atom stereocenters. The van der Waals surface area contributed by atoms with Crippen LogP contribution in [0.3, 0.4) is 0 Å². The molecule has 1 saturated heterocycles. The number of aliphatic hydroxyl groups excluding tert-OH is 5. The highest BCUT2D eigenvalue weighted by molar-refractivity contribution is 5.57. The van der Waals surface area contributed by atoms with Crippen molar-refractivity contribution >= 4 is 5.69 Å². The molecule has 0 aromatic heterocycles. The van der Waals surface area contributed by atoms with Crippen molar-refractivity contribution in [2.75, 3.05) is 19.0 Å². The lowest BCUT2D eigenvalue weighted by atomic mass is 9.99. The van der Waals surface area contributed by atoms with Crippen LogP contribution in [0.25, 0.3) is 0 Å². The Morgan fingerprint density at radius 1 is 0.929 bits per heavy atom. The first-order chi connectivity index (χ1) is 13.5. The predicted octanol–water partition coefficient (Wildman–Crippen LogP) is 1.48. The highest BCUT2D eigenvalue weighted by Gasteiger charge is 2.44. The van der Waals surface area contributed by atoms with Crippen molar-refractivity contribution in [3.63, 3.8) is 0 Å². The van der Waals surface area contributed by atoms with E-state index in [4.69, 9.17) is 19.7 Å². The average Bonchev–Trinajstić information content (AvgIpc) is 2.78. The van der Waals surface area contributed by atoms with E-state index in [1.165, 1.54) is 0 Å². The monoisotopic (exact) mass is 405 g/mol. The molecule has 28 heavy (non-hydrogen) atoms. The summed E-state index contributed by atoms with van der Waals surface area (Å²) in [5, 5.41) is 50.6. The summed E-state index contributed by atoms with van der Waals surface area (Å²) in [4.78, 5) is 0. The molecule has 1 aliphatic heterocycles. The van der Waals surface area contributed by atoms with Gasteiger partial charge in [-0.2, -0.15) is 0 Å². The molecule has 0 radical (unpaired) electrons. The van der Waals surface area contributed by atoms with E-state index in [1.54, 1.807) is 25.2 Å². The van der Waals surface area contributed by atoms with Gasteiger partial charge in [-0.15, -0.1) is 0 Å². The zero-order valence-corrected chi connectivity index (χ0v) is 18.1. The van der Waals surface area contributed by atoms with E-state index in [-0.39, 0.29) is 6.61 Å². The molecule has 2 rings (SSSR count). The van der Waals surface area contributed by atoms with Gasteiger partial charge in [-0.3, -0.25) is 0 Å². The van der Waals surface area contributed by atoms with Gasteiger partial charge in [-0.1, -0.05) is 47.6 Å². The van der Waals surface area contributed by atoms with Crippen molar-refractivity contribution in [2.45, 2.75) is 78.9 Å². The minimum Gasteiger partial charge on any atom is -0.460 e. The Morgan fingerprint density at radius 3 is 1.96 bits per heavy atom. The summed E-state index contributed by atoms with van der Waals surface area (Å²) in [7, 11) is 1.66. The van der Waals surface area contributed by atoms with Gasteiger partial charge >= 0.3 is 0 Å². The molecule has 5 unspecified atom stereocenters. The third kappa shape index (κ3) is 7.90. The fourth-order valence-electron chi connectivity index (χ4n) is 2.26. The number of hydrogen-bond acceptors (Lipinski definition) is 8. The third-order valence-corrected chi connectivity index (χ3v) is 3.59. The van der Waals surface area contributed by atoms with Crippen LogP contribution < -0.4 is 10.1 Å². The Balaban J connectivity index is 0. The van der Waals surface area contributed by atoms with Crippen molar-refractivity contribution in [3.05, 3.63) is 23.8 Å². The molecular weight excluding hydrogens is 366 g/mol. The van der Waals surface area contributed by atoms with E-state index < -0.39 is 37.3 Å². The zero-order valence-electron chi connectivity index (χ0n) is 18.1. The number of nitrogens with one attached hydrogen (secondary N) is 1. The smallest absolute Gasteiger partial charge is 0.229 e. The first-order valence-electron chi connectivity index (χ1n) is 9.90. The van der Waals surface area contributed by atoms with Gasteiger partial charge in [0.1, 0.15) is 30.2 Å². The van der Waals surface area contributed by atoms with Gasteiger partial charge in [-0.05, 0) is 17.7 Å². The molecule has 1 aromatic rings. The second kappa shape index (κ2) is 16.5. The van der Waals surface area contributed by atoms with Gasteiger partial charge in [0.05, 0.1) is 18.9 Å². The molecular formula is C20H39NO7. The van der Waals surface area contributed by atoms with Crippen LogP contribution in [0.2, 0.25) is 0 Å². The molecule has 0 saturated carbocycles. The lowest BCUT2D eigenvalue weighted by Crippen LogP contribution is -2.60. The summed E-state index contributed by atoms with van der Waals surface area (Å²) < 4.78 is 10.8.